The number of carbonyl (C=O) groups is 1. The quantitative estimate of drug-likeness (QED) is 0.0923. The second-order valence-corrected chi connectivity index (χ2v) is 11.6. The fourth-order valence-electron chi connectivity index (χ4n) is 4.46. The fraction of sp³-hybridized carbons (Fsp3) is 0.694. The number of hydrogen-bond acceptors (Lipinski definition) is 2. The van der Waals surface area contributed by atoms with Gasteiger partial charge in [-0.2, -0.15) is 0 Å². The minimum atomic E-state index is -0.108. The summed E-state index contributed by atoms with van der Waals surface area (Å²) in [6.07, 6.45) is 36.5. The zero-order valence-corrected chi connectivity index (χ0v) is 26.1. The molecule has 0 aromatic heterocycles. The molecule has 0 aliphatic rings. The van der Waals surface area contributed by atoms with Crippen molar-refractivity contribution in [3.63, 3.8) is 0 Å². The Morgan fingerprint density at radius 1 is 0.658 bits per heavy atom. The van der Waals surface area contributed by atoms with E-state index >= 15 is 0 Å². The van der Waals surface area contributed by atoms with Gasteiger partial charge in [-0.3, -0.25) is 4.79 Å². The van der Waals surface area contributed by atoms with Crippen LogP contribution in [0.15, 0.2) is 60.3 Å². The van der Waals surface area contributed by atoms with Crippen molar-refractivity contribution in [3.05, 3.63) is 60.3 Å². The zero-order valence-electron chi connectivity index (χ0n) is 26.1. The summed E-state index contributed by atoms with van der Waals surface area (Å²) in [7, 11) is 0. The maximum absolute atomic E-state index is 12.0. The van der Waals surface area contributed by atoms with Gasteiger partial charge in [0.25, 0.3) is 0 Å². The molecule has 0 amide bonds. The molecule has 0 bridgehead atoms. The summed E-state index contributed by atoms with van der Waals surface area (Å²) in [4.78, 5) is 12.0. The molecule has 0 unspecified atom stereocenters. The summed E-state index contributed by atoms with van der Waals surface area (Å²) >= 11 is 0. The van der Waals surface area contributed by atoms with Crippen molar-refractivity contribution in [1.29, 1.82) is 0 Å². The molecule has 0 aliphatic carbocycles. The standard InChI is InChI=1S/C36H62O2/c1-7-8-9-10-11-12-13-14-15-16-17-18-19-29-36(37)38-31-30-35(6)28-22-27-34(5)26-21-25-33(4)24-20-23-32(2)3/h8-9,11-12,14-15,17-18,30,32-34H,7,10,13,16,19-29,31H2,1-6H3/b9-8?,12-11?,15-14?,18-17?,35-30+/t33-,34-/m1/s1. The van der Waals surface area contributed by atoms with E-state index < -0.39 is 0 Å². The van der Waals surface area contributed by atoms with Crippen molar-refractivity contribution < 1.29 is 9.53 Å². The SMILES string of the molecule is CCC=CCC=CCC=CCC=CCCC(=O)OC/C=C(\C)CCC[C@H](C)CCC[C@H](C)CCCC(C)C. The average Bonchev–Trinajstić information content (AvgIpc) is 2.86. The first-order valence-electron chi connectivity index (χ1n) is 15.8. The van der Waals surface area contributed by atoms with Gasteiger partial charge in [0, 0.05) is 6.42 Å². The van der Waals surface area contributed by atoms with Gasteiger partial charge in [0.15, 0.2) is 0 Å². The van der Waals surface area contributed by atoms with Crippen molar-refractivity contribution >= 4 is 5.97 Å². The van der Waals surface area contributed by atoms with Gasteiger partial charge in [-0.25, -0.2) is 0 Å². The first-order valence-corrected chi connectivity index (χ1v) is 15.8. The van der Waals surface area contributed by atoms with Crippen molar-refractivity contribution in [1.82, 2.24) is 0 Å². The lowest BCUT2D eigenvalue weighted by Crippen LogP contribution is -2.04. The number of ether oxygens (including phenoxy) is 1. The Morgan fingerprint density at radius 2 is 1.16 bits per heavy atom. The molecule has 0 heterocycles. The van der Waals surface area contributed by atoms with Gasteiger partial charge in [-0.15, -0.1) is 0 Å². The third-order valence-electron chi connectivity index (χ3n) is 7.05. The fourth-order valence-corrected chi connectivity index (χ4v) is 4.46. The third-order valence-corrected chi connectivity index (χ3v) is 7.05. The third kappa shape index (κ3) is 27.2. The lowest BCUT2D eigenvalue weighted by molar-refractivity contribution is -0.142. The highest BCUT2D eigenvalue weighted by Gasteiger charge is 2.07. The first-order chi connectivity index (χ1) is 18.3. The molecular formula is C36H62O2. The van der Waals surface area contributed by atoms with Crippen LogP contribution < -0.4 is 0 Å². The molecule has 0 fully saturated rings. The van der Waals surface area contributed by atoms with Crippen LogP contribution in [0.1, 0.15) is 138 Å². The van der Waals surface area contributed by atoms with Crippen LogP contribution in [0, 0.1) is 17.8 Å². The van der Waals surface area contributed by atoms with Gasteiger partial charge < -0.3 is 4.74 Å². The summed E-state index contributed by atoms with van der Waals surface area (Å²) < 4.78 is 5.39. The first kappa shape index (κ1) is 36.2. The van der Waals surface area contributed by atoms with Crippen LogP contribution in [0.25, 0.3) is 0 Å². The second kappa shape index (κ2) is 26.8. The molecule has 2 heteroatoms. The van der Waals surface area contributed by atoms with E-state index in [1.54, 1.807) is 0 Å². The van der Waals surface area contributed by atoms with E-state index in [0.717, 1.165) is 56.3 Å². The number of esters is 1. The Kier molecular flexibility index (Phi) is 25.5. The van der Waals surface area contributed by atoms with Gasteiger partial charge in [0.1, 0.15) is 6.61 Å². The smallest absolute Gasteiger partial charge is 0.306 e. The molecule has 0 saturated heterocycles. The van der Waals surface area contributed by atoms with Gasteiger partial charge >= 0.3 is 5.97 Å². The monoisotopic (exact) mass is 526 g/mol. The van der Waals surface area contributed by atoms with Crippen molar-refractivity contribution in [2.75, 3.05) is 6.61 Å². The molecular weight excluding hydrogens is 464 g/mol. The molecule has 2 nitrogen and oxygen atoms in total. The summed E-state index contributed by atoms with van der Waals surface area (Å²) in [5, 5.41) is 0. The molecule has 0 aliphatic heterocycles. The van der Waals surface area contributed by atoms with E-state index in [-0.39, 0.29) is 5.97 Å². The van der Waals surface area contributed by atoms with Crippen molar-refractivity contribution in [2.45, 2.75) is 138 Å². The lowest BCUT2D eigenvalue weighted by Gasteiger charge is -2.15. The second-order valence-electron chi connectivity index (χ2n) is 11.6. The topological polar surface area (TPSA) is 26.3 Å². The van der Waals surface area contributed by atoms with Crippen LogP contribution in [0.2, 0.25) is 0 Å². The van der Waals surface area contributed by atoms with Crippen LogP contribution in [0.5, 0.6) is 0 Å². The highest BCUT2D eigenvalue weighted by molar-refractivity contribution is 5.69. The molecule has 0 aromatic rings. The average molecular weight is 527 g/mol. The van der Waals surface area contributed by atoms with Crippen LogP contribution in [-0.2, 0) is 9.53 Å². The summed E-state index contributed by atoms with van der Waals surface area (Å²) in [5.41, 5.74) is 1.34. The molecule has 2 atom stereocenters. The van der Waals surface area contributed by atoms with E-state index in [1.165, 1.54) is 56.9 Å². The maximum atomic E-state index is 12.0. The largest absolute Gasteiger partial charge is 0.461 e. The molecule has 38 heavy (non-hydrogen) atoms. The predicted octanol–water partition coefficient (Wildman–Crippen LogP) is 11.5. The van der Waals surface area contributed by atoms with E-state index in [4.69, 9.17) is 4.74 Å². The lowest BCUT2D eigenvalue weighted by atomic mass is 9.91. The molecule has 0 radical (unpaired) electrons. The normalized spacial score (nSPS) is 14.6. The number of hydrogen-bond donors (Lipinski definition) is 0. The molecule has 0 saturated carbocycles. The van der Waals surface area contributed by atoms with Crippen LogP contribution in [0.4, 0.5) is 0 Å². The van der Waals surface area contributed by atoms with E-state index in [0.29, 0.717) is 13.0 Å². The van der Waals surface area contributed by atoms with Crippen LogP contribution in [0.3, 0.4) is 0 Å². The Bertz CT molecular complexity index is 692. The summed E-state index contributed by atoms with van der Waals surface area (Å²) in [5.74, 6) is 2.42. The number of allylic oxidation sites excluding steroid dienone is 9. The van der Waals surface area contributed by atoms with Gasteiger partial charge in [-0.05, 0) is 75.7 Å². The van der Waals surface area contributed by atoms with E-state index in [2.05, 4.69) is 96.2 Å². The summed E-state index contributed by atoms with van der Waals surface area (Å²) in [6, 6.07) is 0. The predicted molar refractivity (Wildman–Crippen MR) is 169 cm³/mol. The summed E-state index contributed by atoms with van der Waals surface area (Å²) in [6.45, 7) is 14.2. The van der Waals surface area contributed by atoms with Gasteiger partial charge in [-0.1, -0.05) is 134 Å². The van der Waals surface area contributed by atoms with Gasteiger partial charge in [0.05, 0.1) is 0 Å². The maximum Gasteiger partial charge on any atom is 0.306 e. The van der Waals surface area contributed by atoms with Gasteiger partial charge in [0.2, 0.25) is 0 Å². The number of carbonyl (C=O) groups excluding carboxylic acids is 1. The minimum absolute atomic E-state index is 0.108. The zero-order chi connectivity index (χ0) is 28.3. The highest BCUT2D eigenvalue weighted by atomic mass is 16.5. The van der Waals surface area contributed by atoms with Crippen molar-refractivity contribution in [3.8, 4) is 0 Å². The van der Waals surface area contributed by atoms with Crippen LogP contribution in [-0.4, -0.2) is 12.6 Å². The Morgan fingerprint density at radius 3 is 1.71 bits per heavy atom. The highest BCUT2D eigenvalue weighted by Crippen LogP contribution is 2.22. The van der Waals surface area contributed by atoms with E-state index in [9.17, 15) is 4.79 Å². The Balaban J connectivity index is 3.75. The van der Waals surface area contributed by atoms with Crippen molar-refractivity contribution in [2.24, 2.45) is 17.8 Å². The van der Waals surface area contributed by atoms with E-state index in [1.807, 2.05) is 0 Å². The Hall–Kier alpha value is -1.83. The minimum Gasteiger partial charge on any atom is -0.461 e. The molecule has 0 spiro atoms. The molecule has 0 N–H and O–H groups in total. The molecule has 218 valence electrons. The molecule has 0 rings (SSSR count). The number of rotatable bonds is 24. The Labute approximate surface area is 237 Å². The van der Waals surface area contributed by atoms with Crippen LogP contribution >= 0.6 is 0 Å². The molecule has 0 aromatic carbocycles.